The molecule has 2 atom stereocenters. The monoisotopic (exact) mass is 674 g/mol. The number of amides is 1. The first-order valence-electron chi connectivity index (χ1n) is 15.7. The number of nitrogens with zero attached hydrogens (tertiary/aromatic N) is 7. The van der Waals surface area contributed by atoms with E-state index in [1.807, 2.05) is 26.1 Å². The molecule has 4 aromatic heterocycles. The lowest BCUT2D eigenvalue weighted by Crippen LogP contribution is -2.61. The van der Waals surface area contributed by atoms with E-state index in [0.29, 0.717) is 44.0 Å². The number of pyridine rings is 1. The zero-order valence-electron chi connectivity index (χ0n) is 26.6. The lowest BCUT2D eigenvalue weighted by molar-refractivity contribution is -0.131. The van der Waals surface area contributed by atoms with Crippen molar-refractivity contribution in [2.24, 2.45) is 5.73 Å². The minimum atomic E-state index is -3.83. The van der Waals surface area contributed by atoms with Crippen molar-refractivity contribution in [1.29, 1.82) is 0 Å². The number of ether oxygens (including phenoxy) is 1. The average molecular weight is 675 g/mol. The first-order valence-corrected chi connectivity index (χ1v) is 17.9. The molecule has 0 saturated carbocycles. The third-order valence-corrected chi connectivity index (χ3v) is 12.4. The number of primary amides is 1. The molecule has 1 amide bonds. The van der Waals surface area contributed by atoms with Crippen LogP contribution in [-0.2, 0) is 19.6 Å². The second kappa shape index (κ2) is 12.3. The molecule has 1 aromatic carbocycles. The van der Waals surface area contributed by atoms with Crippen molar-refractivity contribution in [3.63, 3.8) is 0 Å². The highest BCUT2D eigenvalue weighted by molar-refractivity contribution is 7.90. The van der Waals surface area contributed by atoms with Crippen molar-refractivity contribution in [3.8, 4) is 0 Å². The second-order valence-electron chi connectivity index (χ2n) is 12.6. The smallest absolute Gasteiger partial charge is 0.268 e. The number of piperazine rings is 1. The van der Waals surface area contributed by atoms with Gasteiger partial charge in [0, 0.05) is 73.2 Å². The summed E-state index contributed by atoms with van der Waals surface area (Å²) < 4.78 is 36.3. The Labute approximate surface area is 277 Å². The second-order valence-corrected chi connectivity index (χ2v) is 15.5. The van der Waals surface area contributed by atoms with Crippen LogP contribution in [0.3, 0.4) is 0 Å². The van der Waals surface area contributed by atoms with Crippen LogP contribution >= 0.6 is 11.3 Å². The number of hydrogen-bond donors (Lipinski definition) is 1. The Kier molecular flexibility index (Phi) is 8.35. The van der Waals surface area contributed by atoms with E-state index in [-0.39, 0.29) is 23.1 Å². The molecular weight excluding hydrogens is 637 g/mol. The zero-order valence-corrected chi connectivity index (χ0v) is 28.2. The summed E-state index contributed by atoms with van der Waals surface area (Å²) in [6.07, 6.45) is 6.44. The summed E-state index contributed by atoms with van der Waals surface area (Å²) in [5.74, 6) is -0.329. The van der Waals surface area contributed by atoms with E-state index >= 15 is 0 Å². The van der Waals surface area contributed by atoms with Crippen LogP contribution in [0.5, 0.6) is 0 Å². The van der Waals surface area contributed by atoms with E-state index < -0.39 is 15.6 Å². The summed E-state index contributed by atoms with van der Waals surface area (Å²) in [5, 5.41) is 0.805. The maximum atomic E-state index is 13.7. The molecule has 7 rings (SSSR count). The number of morpholine rings is 1. The molecule has 0 radical (unpaired) electrons. The fourth-order valence-corrected chi connectivity index (χ4v) is 9.51. The van der Waals surface area contributed by atoms with Crippen molar-refractivity contribution < 1.29 is 17.9 Å². The Morgan fingerprint density at radius 2 is 1.79 bits per heavy atom. The number of hydrogen-bond acceptors (Lipinski definition) is 11. The molecule has 246 valence electrons. The normalized spacial score (nSPS) is 19.8. The summed E-state index contributed by atoms with van der Waals surface area (Å²) in [5.41, 5.74) is 7.92. The number of fused-ring (bicyclic) bond motifs is 2. The molecule has 2 unspecified atom stereocenters. The minimum Gasteiger partial charge on any atom is -0.371 e. The topological polar surface area (TPSA) is 140 Å². The summed E-state index contributed by atoms with van der Waals surface area (Å²) in [6, 6.07) is 12.5. The number of nitrogens with two attached hydrogens (primary N) is 1. The molecule has 0 aliphatic carbocycles. The van der Waals surface area contributed by atoms with E-state index in [2.05, 4.69) is 35.7 Å². The molecule has 2 fully saturated rings. The molecule has 12 nitrogen and oxygen atoms in total. The highest BCUT2D eigenvalue weighted by Gasteiger charge is 2.39. The number of rotatable bonds is 8. The largest absolute Gasteiger partial charge is 0.371 e. The maximum absolute atomic E-state index is 13.7. The van der Waals surface area contributed by atoms with Gasteiger partial charge in [0.2, 0.25) is 5.91 Å². The lowest BCUT2D eigenvalue weighted by Gasteiger charge is -2.48. The van der Waals surface area contributed by atoms with Crippen molar-refractivity contribution in [2.45, 2.75) is 43.5 Å². The SMILES string of the molecule is Cc1cc2c(C3CN(C(c4cc5ncncc5s4)N4CCN(C(C)(C)C(N)=O)CC4)CCO3)cncc2n1S(=O)(=O)c1ccccc1. The van der Waals surface area contributed by atoms with Crippen LogP contribution in [0.2, 0.25) is 0 Å². The molecule has 5 aromatic rings. The van der Waals surface area contributed by atoms with Gasteiger partial charge in [-0.3, -0.25) is 24.5 Å². The molecule has 0 spiro atoms. The number of aryl methyl sites for hydroxylation is 1. The maximum Gasteiger partial charge on any atom is 0.268 e. The van der Waals surface area contributed by atoms with Gasteiger partial charge in [0.15, 0.2) is 0 Å². The van der Waals surface area contributed by atoms with Crippen LogP contribution in [0, 0.1) is 6.92 Å². The third kappa shape index (κ3) is 5.72. The van der Waals surface area contributed by atoms with E-state index in [4.69, 9.17) is 10.5 Å². The average Bonchev–Trinajstić information content (AvgIpc) is 3.66. The Bertz CT molecular complexity index is 2000. The van der Waals surface area contributed by atoms with Gasteiger partial charge in [-0.1, -0.05) is 18.2 Å². The first-order chi connectivity index (χ1) is 22.6. The van der Waals surface area contributed by atoms with E-state index in [0.717, 1.165) is 39.1 Å². The number of aromatic nitrogens is 4. The van der Waals surface area contributed by atoms with Gasteiger partial charge in [-0.05, 0) is 45.0 Å². The Morgan fingerprint density at radius 3 is 2.51 bits per heavy atom. The van der Waals surface area contributed by atoms with Gasteiger partial charge >= 0.3 is 0 Å². The van der Waals surface area contributed by atoms with Gasteiger partial charge in [0.25, 0.3) is 10.0 Å². The van der Waals surface area contributed by atoms with Crippen molar-refractivity contribution in [3.05, 3.63) is 83.5 Å². The molecule has 14 heteroatoms. The minimum absolute atomic E-state index is 0.0589. The Hall–Kier alpha value is -3.79. The number of benzene rings is 1. The predicted octanol–water partition coefficient (Wildman–Crippen LogP) is 3.54. The zero-order chi connectivity index (χ0) is 32.9. The van der Waals surface area contributed by atoms with Gasteiger partial charge in [-0.25, -0.2) is 22.4 Å². The van der Waals surface area contributed by atoms with Crippen molar-refractivity contribution in [1.82, 2.24) is 33.6 Å². The lowest BCUT2D eigenvalue weighted by atomic mass is 10.0. The standard InChI is InChI=1S/C33H38N8O4S2/c1-22-15-24-25(17-35-18-27(24)41(22)47(43,44)23-7-5-4-6-8-23)28-20-39(13-14-45-28)31(29-16-26-30(46-29)19-36-21-37-26)38-9-11-40(12-10-38)33(2,3)32(34)42/h4-8,15-19,21,28,31H,9-14,20H2,1-3H3,(H2,34,42). The van der Waals surface area contributed by atoms with Crippen LogP contribution < -0.4 is 5.73 Å². The van der Waals surface area contributed by atoms with Gasteiger partial charge < -0.3 is 10.5 Å². The summed E-state index contributed by atoms with van der Waals surface area (Å²) >= 11 is 1.69. The van der Waals surface area contributed by atoms with Gasteiger partial charge in [0.1, 0.15) is 6.33 Å². The summed E-state index contributed by atoms with van der Waals surface area (Å²) in [7, 11) is -3.83. The van der Waals surface area contributed by atoms with Crippen molar-refractivity contribution >= 4 is 48.4 Å². The quantitative estimate of drug-likeness (QED) is 0.260. The third-order valence-electron chi connectivity index (χ3n) is 9.48. The van der Waals surface area contributed by atoms with Crippen LogP contribution in [-0.4, -0.2) is 99.4 Å². The summed E-state index contributed by atoms with van der Waals surface area (Å²) in [4.78, 5) is 33.9. The van der Waals surface area contributed by atoms with Gasteiger partial charge in [-0.15, -0.1) is 11.3 Å². The summed E-state index contributed by atoms with van der Waals surface area (Å²) in [6.45, 7) is 10.3. The molecule has 2 aliphatic heterocycles. The Balaban J connectivity index is 1.22. The van der Waals surface area contributed by atoms with Crippen molar-refractivity contribution in [2.75, 3.05) is 45.9 Å². The van der Waals surface area contributed by atoms with Gasteiger partial charge in [0.05, 0.1) is 51.2 Å². The highest BCUT2D eigenvalue weighted by atomic mass is 32.2. The van der Waals surface area contributed by atoms with E-state index in [1.165, 1.54) is 3.97 Å². The van der Waals surface area contributed by atoms with Gasteiger partial charge in [-0.2, -0.15) is 0 Å². The fraction of sp³-hybridized carbons (Fsp3) is 0.394. The molecule has 2 saturated heterocycles. The molecular formula is C33H38N8O4S2. The number of thiophene rings is 1. The highest BCUT2D eigenvalue weighted by Crippen LogP contribution is 2.39. The molecule has 2 aliphatic rings. The number of carbonyl (C=O) groups excluding carboxylic acids is 1. The van der Waals surface area contributed by atoms with Crippen LogP contribution in [0.1, 0.15) is 42.3 Å². The van der Waals surface area contributed by atoms with Crippen LogP contribution in [0.15, 0.2) is 72.3 Å². The molecule has 0 bridgehead atoms. The Morgan fingerprint density at radius 1 is 1.02 bits per heavy atom. The fourth-order valence-electron chi connectivity index (χ4n) is 6.81. The number of carbonyl (C=O) groups is 1. The molecule has 2 N–H and O–H groups in total. The van der Waals surface area contributed by atoms with E-state index in [9.17, 15) is 13.2 Å². The van der Waals surface area contributed by atoms with Crippen LogP contribution in [0.25, 0.3) is 21.1 Å². The molecule has 47 heavy (non-hydrogen) atoms. The predicted molar refractivity (Wildman–Crippen MR) is 180 cm³/mol. The first kappa shape index (κ1) is 31.8. The van der Waals surface area contributed by atoms with Crippen LogP contribution in [0.4, 0.5) is 0 Å². The molecule has 6 heterocycles. The van der Waals surface area contributed by atoms with E-state index in [1.54, 1.807) is 67.3 Å².